The van der Waals surface area contributed by atoms with Crippen molar-refractivity contribution in [2.45, 2.75) is 6.10 Å². The summed E-state index contributed by atoms with van der Waals surface area (Å²) < 4.78 is 20.8. The number of carbonyl (C=O) groups is 1. The van der Waals surface area contributed by atoms with Gasteiger partial charge in [-0.2, -0.15) is 0 Å². The maximum atomic E-state index is 12.5. The first kappa shape index (κ1) is 18.5. The standard InChI is InChI=1S/C19H20N2O6/c1-21(11-14(22)12-6-7-15(24-2)17(9-12)25-3)19(23)13-10-18(27-20-13)16-5-4-8-26-16/h4-10,14,22H,11H2,1-3H3. The van der Waals surface area contributed by atoms with Gasteiger partial charge in [0.05, 0.1) is 33.1 Å². The minimum absolute atomic E-state index is 0.0667. The summed E-state index contributed by atoms with van der Waals surface area (Å²) in [7, 11) is 4.63. The van der Waals surface area contributed by atoms with Gasteiger partial charge in [0.15, 0.2) is 23.0 Å². The van der Waals surface area contributed by atoms with E-state index in [1.165, 1.54) is 31.4 Å². The molecular weight excluding hydrogens is 352 g/mol. The number of furan rings is 1. The van der Waals surface area contributed by atoms with Crippen molar-refractivity contribution >= 4 is 5.91 Å². The Labute approximate surface area is 155 Å². The third-order valence-corrected chi connectivity index (χ3v) is 4.08. The van der Waals surface area contributed by atoms with Crippen molar-refractivity contribution in [2.75, 3.05) is 27.8 Å². The van der Waals surface area contributed by atoms with Crippen LogP contribution in [-0.2, 0) is 0 Å². The number of benzene rings is 1. The Bertz CT molecular complexity index is 903. The smallest absolute Gasteiger partial charge is 0.275 e. The normalized spacial score (nSPS) is 11.9. The molecule has 27 heavy (non-hydrogen) atoms. The predicted molar refractivity (Wildman–Crippen MR) is 95.7 cm³/mol. The van der Waals surface area contributed by atoms with Crippen molar-refractivity contribution in [3.63, 3.8) is 0 Å². The minimum atomic E-state index is -0.907. The molecule has 0 saturated carbocycles. The topological polar surface area (TPSA) is 98.2 Å². The van der Waals surface area contributed by atoms with Gasteiger partial charge in [-0.25, -0.2) is 0 Å². The third-order valence-electron chi connectivity index (χ3n) is 4.08. The zero-order valence-electron chi connectivity index (χ0n) is 15.2. The van der Waals surface area contributed by atoms with E-state index in [4.69, 9.17) is 18.4 Å². The summed E-state index contributed by atoms with van der Waals surface area (Å²) in [4.78, 5) is 13.9. The number of rotatable bonds is 7. The number of aliphatic hydroxyl groups is 1. The van der Waals surface area contributed by atoms with Crippen LogP contribution >= 0.6 is 0 Å². The Morgan fingerprint density at radius 3 is 2.63 bits per heavy atom. The molecule has 1 amide bonds. The summed E-state index contributed by atoms with van der Waals surface area (Å²) in [5.41, 5.74) is 0.729. The van der Waals surface area contributed by atoms with Crippen molar-refractivity contribution in [1.29, 1.82) is 0 Å². The molecule has 0 saturated heterocycles. The second-order valence-corrected chi connectivity index (χ2v) is 5.87. The van der Waals surface area contributed by atoms with Crippen LogP contribution in [-0.4, -0.2) is 48.9 Å². The SMILES string of the molecule is COc1ccc(C(O)CN(C)C(=O)c2cc(-c3ccco3)on2)cc1OC. The molecule has 3 rings (SSSR count). The molecule has 0 spiro atoms. The number of carbonyl (C=O) groups excluding carboxylic acids is 1. The number of methoxy groups -OCH3 is 2. The quantitative estimate of drug-likeness (QED) is 0.681. The number of aromatic nitrogens is 1. The monoisotopic (exact) mass is 372 g/mol. The van der Waals surface area contributed by atoms with Crippen LogP contribution in [0.15, 0.2) is 51.6 Å². The number of hydrogen-bond acceptors (Lipinski definition) is 7. The van der Waals surface area contributed by atoms with Gasteiger partial charge < -0.3 is 28.4 Å². The van der Waals surface area contributed by atoms with E-state index in [2.05, 4.69) is 5.16 Å². The average Bonchev–Trinajstić information content (AvgIpc) is 3.38. The van der Waals surface area contributed by atoms with Crippen molar-refractivity contribution in [3.8, 4) is 23.0 Å². The van der Waals surface area contributed by atoms with E-state index in [1.807, 2.05) is 0 Å². The summed E-state index contributed by atoms with van der Waals surface area (Å²) in [5, 5.41) is 14.3. The molecule has 3 aromatic rings. The average molecular weight is 372 g/mol. The second-order valence-electron chi connectivity index (χ2n) is 5.87. The van der Waals surface area contributed by atoms with E-state index in [0.29, 0.717) is 28.6 Å². The summed E-state index contributed by atoms with van der Waals surface area (Å²) in [6.45, 7) is 0.0667. The van der Waals surface area contributed by atoms with Gasteiger partial charge in [-0.15, -0.1) is 0 Å². The second kappa shape index (κ2) is 7.96. The van der Waals surface area contributed by atoms with Crippen molar-refractivity contribution in [1.82, 2.24) is 10.1 Å². The highest BCUT2D eigenvalue weighted by atomic mass is 16.5. The molecule has 8 nitrogen and oxygen atoms in total. The molecule has 0 radical (unpaired) electrons. The number of nitrogens with zero attached hydrogens (tertiary/aromatic N) is 2. The highest BCUT2D eigenvalue weighted by Gasteiger charge is 2.22. The Balaban J connectivity index is 1.69. The van der Waals surface area contributed by atoms with Crippen LogP contribution in [0.2, 0.25) is 0 Å². The highest BCUT2D eigenvalue weighted by molar-refractivity contribution is 5.92. The zero-order chi connectivity index (χ0) is 19.4. The molecule has 2 aromatic heterocycles. The molecule has 1 N–H and O–H groups in total. The molecule has 1 atom stereocenters. The first-order chi connectivity index (χ1) is 13.0. The van der Waals surface area contributed by atoms with Gasteiger partial charge in [0.1, 0.15) is 0 Å². The third kappa shape index (κ3) is 3.95. The Morgan fingerprint density at radius 2 is 1.96 bits per heavy atom. The number of hydrogen-bond donors (Lipinski definition) is 1. The molecule has 1 unspecified atom stereocenters. The van der Waals surface area contributed by atoms with E-state index >= 15 is 0 Å². The van der Waals surface area contributed by atoms with Gasteiger partial charge in [-0.3, -0.25) is 4.79 Å². The summed E-state index contributed by atoms with van der Waals surface area (Å²) in [6.07, 6.45) is 0.598. The molecule has 0 aliphatic rings. The molecule has 2 heterocycles. The van der Waals surface area contributed by atoms with Gasteiger partial charge in [-0.1, -0.05) is 11.2 Å². The Hall–Kier alpha value is -3.26. The van der Waals surface area contributed by atoms with Crippen LogP contribution in [0.3, 0.4) is 0 Å². The molecule has 8 heteroatoms. The summed E-state index contributed by atoms with van der Waals surface area (Å²) in [5.74, 6) is 1.52. The highest BCUT2D eigenvalue weighted by Crippen LogP contribution is 2.30. The number of aliphatic hydroxyl groups excluding tert-OH is 1. The van der Waals surface area contributed by atoms with E-state index in [-0.39, 0.29) is 18.1 Å². The number of likely N-dealkylation sites (N-methyl/N-ethyl adjacent to an activating group) is 1. The largest absolute Gasteiger partial charge is 0.493 e. The van der Waals surface area contributed by atoms with E-state index in [1.54, 1.807) is 37.4 Å². The van der Waals surface area contributed by atoms with Crippen molar-refractivity contribution in [3.05, 3.63) is 53.9 Å². The Morgan fingerprint density at radius 1 is 1.19 bits per heavy atom. The lowest BCUT2D eigenvalue weighted by Gasteiger charge is -2.20. The first-order valence-electron chi connectivity index (χ1n) is 8.19. The molecule has 1 aromatic carbocycles. The van der Waals surface area contributed by atoms with Crippen LogP contribution in [0.4, 0.5) is 0 Å². The molecule has 142 valence electrons. The lowest BCUT2D eigenvalue weighted by Crippen LogP contribution is -2.31. The van der Waals surface area contributed by atoms with Gasteiger partial charge in [-0.05, 0) is 29.8 Å². The van der Waals surface area contributed by atoms with Gasteiger partial charge in [0, 0.05) is 13.1 Å². The number of amides is 1. The zero-order valence-corrected chi connectivity index (χ0v) is 15.2. The van der Waals surface area contributed by atoms with Crippen LogP contribution in [0.5, 0.6) is 11.5 Å². The molecule has 0 fully saturated rings. The van der Waals surface area contributed by atoms with Crippen LogP contribution in [0, 0.1) is 0 Å². The lowest BCUT2D eigenvalue weighted by molar-refractivity contribution is 0.0671. The van der Waals surface area contributed by atoms with Gasteiger partial charge in [0.25, 0.3) is 5.91 Å². The Kier molecular flexibility index (Phi) is 5.46. The predicted octanol–water partition coefficient (Wildman–Crippen LogP) is 2.76. The number of ether oxygens (including phenoxy) is 2. The fourth-order valence-corrected chi connectivity index (χ4v) is 2.61. The summed E-state index contributed by atoms with van der Waals surface area (Å²) in [6, 6.07) is 10.0. The molecule has 0 aliphatic carbocycles. The first-order valence-corrected chi connectivity index (χ1v) is 8.19. The maximum absolute atomic E-state index is 12.5. The fraction of sp³-hybridized carbons (Fsp3) is 0.263. The van der Waals surface area contributed by atoms with Crippen molar-refractivity contribution in [2.24, 2.45) is 0 Å². The van der Waals surface area contributed by atoms with Crippen LogP contribution in [0.1, 0.15) is 22.2 Å². The maximum Gasteiger partial charge on any atom is 0.275 e. The van der Waals surface area contributed by atoms with E-state index < -0.39 is 6.10 Å². The molecular formula is C19H20N2O6. The molecule has 0 aliphatic heterocycles. The minimum Gasteiger partial charge on any atom is -0.493 e. The van der Waals surface area contributed by atoms with Crippen molar-refractivity contribution < 1.29 is 28.3 Å². The summed E-state index contributed by atoms with van der Waals surface area (Å²) >= 11 is 0. The van der Waals surface area contributed by atoms with Crippen LogP contribution in [0.25, 0.3) is 11.5 Å². The van der Waals surface area contributed by atoms with Crippen LogP contribution < -0.4 is 9.47 Å². The van der Waals surface area contributed by atoms with E-state index in [9.17, 15) is 9.90 Å². The lowest BCUT2D eigenvalue weighted by atomic mass is 10.1. The van der Waals surface area contributed by atoms with Gasteiger partial charge >= 0.3 is 0 Å². The fourth-order valence-electron chi connectivity index (χ4n) is 2.61. The van der Waals surface area contributed by atoms with Gasteiger partial charge in [0.2, 0.25) is 5.76 Å². The molecule has 0 bridgehead atoms. The van der Waals surface area contributed by atoms with E-state index in [0.717, 1.165) is 0 Å².